The van der Waals surface area contributed by atoms with Crippen LogP contribution in [0.1, 0.15) is 41.6 Å². The van der Waals surface area contributed by atoms with E-state index in [0.29, 0.717) is 17.4 Å². The Morgan fingerprint density at radius 1 is 1.22 bits per heavy atom. The molecule has 0 radical (unpaired) electrons. The van der Waals surface area contributed by atoms with Gasteiger partial charge in [-0.2, -0.15) is 0 Å². The molecule has 4 bridgehead atoms. The van der Waals surface area contributed by atoms with Gasteiger partial charge in [-0.15, -0.1) is 0 Å². The third-order valence-electron chi connectivity index (χ3n) is 8.86. The fourth-order valence-corrected chi connectivity index (χ4v) is 7.73. The summed E-state index contributed by atoms with van der Waals surface area (Å²) >= 11 is 0. The van der Waals surface area contributed by atoms with Crippen molar-refractivity contribution in [3.8, 4) is 0 Å². The monoisotopic (exact) mass is 366 g/mol. The van der Waals surface area contributed by atoms with Crippen LogP contribution in [0, 0.1) is 41.4 Å². The van der Waals surface area contributed by atoms with Gasteiger partial charge < -0.3 is 15.4 Å². The molecule has 2 N–H and O–H groups in total. The molecular weight excluding hydrogens is 336 g/mol. The number of nitrogens with zero attached hydrogens (tertiary/aromatic N) is 1. The van der Waals surface area contributed by atoms with Crippen molar-refractivity contribution in [1.82, 2.24) is 4.90 Å². The molecule has 6 aliphatic rings. The predicted molar refractivity (Wildman–Crippen MR) is 103 cm³/mol. The van der Waals surface area contributed by atoms with Gasteiger partial charge in [-0.1, -0.05) is 18.6 Å². The highest BCUT2D eigenvalue weighted by Crippen LogP contribution is 2.83. The van der Waals surface area contributed by atoms with Crippen molar-refractivity contribution < 1.29 is 9.53 Å². The van der Waals surface area contributed by atoms with Crippen molar-refractivity contribution in [1.29, 1.82) is 0 Å². The molecule has 4 unspecified atom stereocenters. The van der Waals surface area contributed by atoms with E-state index in [0.717, 1.165) is 48.2 Å². The molecule has 4 nitrogen and oxygen atoms in total. The van der Waals surface area contributed by atoms with Crippen molar-refractivity contribution in [3.05, 3.63) is 35.4 Å². The number of fused-ring (bicyclic) bond motifs is 3. The second kappa shape index (κ2) is 5.57. The van der Waals surface area contributed by atoms with E-state index in [1.54, 1.807) is 0 Å². The minimum Gasteiger partial charge on any atom is -0.373 e. The lowest BCUT2D eigenvalue weighted by Gasteiger charge is -2.55. The summed E-state index contributed by atoms with van der Waals surface area (Å²) in [6.45, 7) is 3.57. The number of hydrogen-bond acceptors (Lipinski definition) is 3. The molecule has 0 aromatic heterocycles. The van der Waals surface area contributed by atoms with Gasteiger partial charge in [0.15, 0.2) is 0 Å². The maximum Gasteiger partial charge on any atom is 0.248 e. The highest BCUT2D eigenvalue weighted by atomic mass is 16.5. The molecule has 27 heavy (non-hydrogen) atoms. The number of rotatable bonds is 5. The Balaban J connectivity index is 1.28. The second-order valence-electron chi connectivity index (χ2n) is 9.88. The second-order valence-corrected chi connectivity index (χ2v) is 9.88. The van der Waals surface area contributed by atoms with Gasteiger partial charge in [-0.25, -0.2) is 0 Å². The highest BCUT2D eigenvalue weighted by molar-refractivity contribution is 5.92. The summed E-state index contributed by atoms with van der Waals surface area (Å²) in [7, 11) is 1.87. The molecule has 5 saturated carbocycles. The van der Waals surface area contributed by atoms with Crippen LogP contribution in [0.25, 0.3) is 0 Å². The van der Waals surface area contributed by atoms with Crippen molar-refractivity contribution in [3.63, 3.8) is 0 Å². The minimum absolute atomic E-state index is 0.261. The lowest BCUT2D eigenvalue weighted by molar-refractivity contribution is -0.170. The Labute approximate surface area is 161 Å². The van der Waals surface area contributed by atoms with E-state index < -0.39 is 0 Å². The molecule has 1 heterocycles. The largest absolute Gasteiger partial charge is 0.373 e. The summed E-state index contributed by atoms with van der Waals surface area (Å²) in [6.07, 6.45) is 5.22. The number of ether oxygens (including phenoxy) is 1. The van der Waals surface area contributed by atoms with Gasteiger partial charge in [-0.05, 0) is 66.5 Å². The number of carbonyl (C=O) groups is 1. The van der Waals surface area contributed by atoms with Gasteiger partial charge in [0.1, 0.15) is 5.60 Å². The van der Waals surface area contributed by atoms with Crippen LogP contribution in [0.2, 0.25) is 0 Å². The van der Waals surface area contributed by atoms with Crippen molar-refractivity contribution in [2.75, 3.05) is 26.7 Å². The third-order valence-corrected chi connectivity index (χ3v) is 8.86. The first kappa shape index (κ1) is 16.6. The molecule has 6 fully saturated rings. The van der Waals surface area contributed by atoms with Crippen LogP contribution in [0.5, 0.6) is 0 Å². The average Bonchev–Trinajstić information content (AvgIpc) is 3.49. The summed E-state index contributed by atoms with van der Waals surface area (Å²) in [5.74, 6) is 6.13. The maximum absolute atomic E-state index is 11.7. The predicted octanol–water partition coefficient (Wildman–Crippen LogP) is 2.87. The topological polar surface area (TPSA) is 55.6 Å². The van der Waals surface area contributed by atoms with Crippen LogP contribution < -0.4 is 5.73 Å². The number of hydrogen-bond donors (Lipinski definition) is 1. The summed E-state index contributed by atoms with van der Waals surface area (Å²) < 4.78 is 6.34. The van der Waals surface area contributed by atoms with Crippen LogP contribution in [0.15, 0.2) is 24.3 Å². The van der Waals surface area contributed by atoms with Crippen LogP contribution in [0.3, 0.4) is 0 Å². The lowest BCUT2D eigenvalue weighted by Crippen LogP contribution is -2.59. The van der Waals surface area contributed by atoms with Crippen LogP contribution in [-0.4, -0.2) is 37.6 Å². The molecule has 1 saturated heterocycles. The van der Waals surface area contributed by atoms with Gasteiger partial charge in [0.25, 0.3) is 0 Å². The van der Waals surface area contributed by atoms with E-state index in [2.05, 4.69) is 11.0 Å². The normalized spacial score (nSPS) is 46.8. The smallest absolute Gasteiger partial charge is 0.248 e. The highest BCUT2D eigenvalue weighted by Gasteiger charge is 2.79. The molecule has 1 amide bonds. The van der Waals surface area contributed by atoms with Gasteiger partial charge in [0.2, 0.25) is 5.91 Å². The standard InChI is InChI=1S/C23H30N2O2/c1-27-23(15-5-2-4-13(8-15)22(24)26)16-6-3-7-17(23)12-25(11-16)10-14-9-18-20-19(14)21(18)20/h2,4-5,8,14,16-21H,3,6-7,9-12H2,1H3,(H2,24,26)/t14-,16?,17?,18-,19?,20?,21+,23?/m1/s1. The quantitative estimate of drug-likeness (QED) is 0.872. The number of methoxy groups -OCH3 is 1. The van der Waals surface area contributed by atoms with Gasteiger partial charge in [0.05, 0.1) is 0 Å². The van der Waals surface area contributed by atoms with E-state index in [1.807, 2.05) is 25.3 Å². The molecular formula is C23H30N2O2. The Morgan fingerprint density at radius 2 is 1.96 bits per heavy atom. The molecule has 1 aromatic rings. The maximum atomic E-state index is 11.7. The molecule has 1 aromatic carbocycles. The molecule has 1 aliphatic heterocycles. The van der Waals surface area contributed by atoms with Crippen LogP contribution >= 0.6 is 0 Å². The van der Waals surface area contributed by atoms with E-state index in [-0.39, 0.29) is 11.5 Å². The zero-order valence-electron chi connectivity index (χ0n) is 16.1. The van der Waals surface area contributed by atoms with Gasteiger partial charge in [0, 0.05) is 44.1 Å². The number of amides is 1. The Bertz CT molecular complexity index is 762. The molecule has 7 atom stereocenters. The zero-order chi connectivity index (χ0) is 18.3. The van der Waals surface area contributed by atoms with Gasteiger partial charge in [-0.3, -0.25) is 4.79 Å². The SMILES string of the molecule is COC1(c2cccc(C(N)=O)c2)C2CCCC1CN(C[C@H]1C[C@@H]3C4C1[C@@H]43)C2. The number of likely N-dealkylation sites (tertiary alicyclic amines) is 1. The fraction of sp³-hybridized carbons (Fsp3) is 0.696. The van der Waals surface area contributed by atoms with E-state index >= 15 is 0 Å². The van der Waals surface area contributed by atoms with Crippen LogP contribution in [-0.2, 0) is 10.3 Å². The Morgan fingerprint density at radius 3 is 2.56 bits per heavy atom. The Kier molecular flexibility index (Phi) is 3.42. The number of nitrogens with two attached hydrogens (primary N) is 1. The summed E-state index contributed by atoms with van der Waals surface area (Å²) in [6, 6.07) is 7.91. The molecule has 5 aliphatic carbocycles. The van der Waals surface area contributed by atoms with Crippen molar-refractivity contribution in [2.24, 2.45) is 47.2 Å². The van der Waals surface area contributed by atoms with E-state index in [4.69, 9.17) is 10.5 Å². The number of benzene rings is 1. The fourth-order valence-electron chi connectivity index (χ4n) is 7.73. The molecule has 0 spiro atoms. The zero-order valence-corrected chi connectivity index (χ0v) is 16.1. The first-order chi connectivity index (χ1) is 13.1. The van der Waals surface area contributed by atoms with Crippen molar-refractivity contribution in [2.45, 2.75) is 31.3 Å². The number of primary amides is 1. The minimum atomic E-state index is -0.353. The summed E-state index contributed by atoms with van der Waals surface area (Å²) in [5.41, 5.74) is 7.05. The molecule has 4 heteroatoms. The van der Waals surface area contributed by atoms with E-state index in [9.17, 15) is 4.79 Å². The number of carbonyl (C=O) groups excluding carboxylic acids is 1. The van der Waals surface area contributed by atoms with Crippen LogP contribution in [0.4, 0.5) is 0 Å². The molecule has 144 valence electrons. The van der Waals surface area contributed by atoms with E-state index in [1.165, 1.54) is 32.2 Å². The molecule has 7 rings (SSSR count). The first-order valence-electron chi connectivity index (χ1n) is 10.8. The number of piperidine rings is 1. The summed E-state index contributed by atoms with van der Waals surface area (Å²) in [4.78, 5) is 14.5. The lowest BCUT2D eigenvalue weighted by atomic mass is 9.62. The van der Waals surface area contributed by atoms with Gasteiger partial charge >= 0.3 is 0 Å². The Hall–Kier alpha value is -1.39. The average molecular weight is 367 g/mol. The summed E-state index contributed by atoms with van der Waals surface area (Å²) in [5, 5.41) is 0. The van der Waals surface area contributed by atoms with Crippen molar-refractivity contribution >= 4 is 5.91 Å². The third kappa shape index (κ3) is 2.20. The first-order valence-corrected chi connectivity index (χ1v) is 10.8.